The lowest BCUT2D eigenvalue weighted by molar-refractivity contribution is -0.139. The molecule has 2 N–H and O–H groups in total. The lowest BCUT2D eigenvalue weighted by Gasteiger charge is -2.43. The Morgan fingerprint density at radius 3 is 2.54 bits per heavy atom. The largest absolute Gasteiger partial charge is 0.480 e. The van der Waals surface area contributed by atoms with Crippen LogP contribution in [0.3, 0.4) is 0 Å². The molecule has 0 saturated heterocycles. The maximum Gasteiger partial charge on any atom is 0.317 e. The molecule has 1 fully saturated rings. The van der Waals surface area contributed by atoms with Crippen LogP contribution in [-0.4, -0.2) is 65.2 Å². The van der Waals surface area contributed by atoms with Crippen molar-refractivity contribution >= 4 is 12.0 Å². The number of aliphatic carboxylic acids is 1. The third-order valence-electron chi connectivity index (χ3n) is 5.63. The normalized spacial score (nSPS) is 22.8. The number of carbonyl (C=O) groups is 2. The van der Waals surface area contributed by atoms with E-state index in [-0.39, 0.29) is 24.7 Å². The van der Waals surface area contributed by atoms with Gasteiger partial charge in [-0.25, -0.2) is 4.79 Å². The number of benzene rings is 1. The van der Waals surface area contributed by atoms with Gasteiger partial charge in [0.2, 0.25) is 0 Å². The van der Waals surface area contributed by atoms with Crippen molar-refractivity contribution in [2.75, 3.05) is 26.2 Å². The van der Waals surface area contributed by atoms with Gasteiger partial charge in [0, 0.05) is 25.2 Å². The fourth-order valence-electron chi connectivity index (χ4n) is 4.02. The van der Waals surface area contributed by atoms with Gasteiger partial charge < -0.3 is 15.3 Å². The van der Waals surface area contributed by atoms with Crippen LogP contribution in [-0.2, 0) is 17.6 Å². The molecule has 26 heavy (non-hydrogen) atoms. The number of nitrogens with zero attached hydrogens (tertiary/aromatic N) is 2. The van der Waals surface area contributed by atoms with Crippen LogP contribution in [0.5, 0.6) is 0 Å². The van der Waals surface area contributed by atoms with Crippen molar-refractivity contribution in [2.24, 2.45) is 0 Å². The Bertz CT molecular complexity index is 643. The van der Waals surface area contributed by atoms with E-state index in [1.807, 2.05) is 16.7 Å². The number of hydrogen-bond acceptors (Lipinski definition) is 3. The number of fused-ring (bicyclic) bond motifs is 1. The van der Waals surface area contributed by atoms with Gasteiger partial charge in [0.15, 0.2) is 0 Å². The van der Waals surface area contributed by atoms with Crippen LogP contribution in [0, 0.1) is 0 Å². The second-order valence-electron chi connectivity index (χ2n) is 7.34. The molecule has 0 aromatic heterocycles. The minimum atomic E-state index is -0.791. The highest BCUT2D eigenvalue weighted by Crippen LogP contribution is 2.26. The number of amides is 2. The monoisotopic (exact) mass is 359 g/mol. The molecule has 2 amide bonds. The number of carboxylic acids is 1. The predicted octanol–water partition coefficient (Wildman–Crippen LogP) is 2.12. The molecule has 6 heteroatoms. The summed E-state index contributed by atoms with van der Waals surface area (Å²) in [5.41, 5.74) is 2.76. The Balaban J connectivity index is 1.47. The molecule has 1 aromatic carbocycles. The van der Waals surface area contributed by atoms with Crippen molar-refractivity contribution in [2.45, 2.75) is 51.1 Å². The zero-order valence-corrected chi connectivity index (χ0v) is 15.5. The average molecular weight is 359 g/mol. The summed E-state index contributed by atoms with van der Waals surface area (Å²) in [5, 5.41) is 12.1. The highest BCUT2D eigenvalue weighted by Gasteiger charge is 2.35. The third-order valence-corrected chi connectivity index (χ3v) is 5.63. The Hall–Kier alpha value is -2.08. The second kappa shape index (κ2) is 8.54. The molecular formula is C20H29N3O3. The molecule has 1 saturated carbocycles. The van der Waals surface area contributed by atoms with E-state index in [9.17, 15) is 9.59 Å². The van der Waals surface area contributed by atoms with Gasteiger partial charge in [0.05, 0.1) is 6.54 Å². The lowest BCUT2D eigenvalue weighted by Crippen LogP contribution is -2.57. The van der Waals surface area contributed by atoms with E-state index < -0.39 is 5.97 Å². The zero-order valence-electron chi connectivity index (χ0n) is 15.5. The minimum Gasteiger partial charge on any atom is -0.480 e. The van der Waals surface area contributed by atoms with Gasteiger partial charge in [0.25, 0.3) is 0 Å². The second-order valence-corrected chi connectivity index (χ2v) is 7.34. The summed E-state index contributed by atoms with van der Waals surface area (Å²) in [4.78, 5) is 27.4. The van der Waals surface area contributed by atoms with E-state index in [0.717, 1.165) is 51.7 Å². The van der Waals surface area contributed by atoms with Crippen molar-refractivity contribution in [3.63, 3.8) is 0 Å². The fraction of sp³-hybridized carbons (Fsp3) is 0.600. The van der Waals surface area contributed by atoms with Crippen molar-refractivity contribution in [1.29, 1.82) is 0 Å². The molecule has 0 atom stereocenters. The van der Waals surface area contributed by atoms with Crippen LogP contribution >= 0.6 is 0 Å². The van der Waals surface area contributed by atoms with Crippen molar-refractivity contribution in [3.05, 3.63) is 35.4 Å². The molecule has 0 radical (unpaired) electrons. The van der Waals surface area contributed by atoms with E-state index in [0.29, 0.717) is 0 Å². The average Bonchev–Trinajstić information content (AvgIpc) is 2.56. The van der Waals surface area contributed by atoms with Gasteiger partial charge in [0.1, 0.15) is 0 Å². The van der Waals surface area contributed by atoms with Crippen LogP contribution in [0.2, 0.25) is 0 Å². The summed E-state index contributed by atoms with van der Waals surface area (Å²) in [5.74, 6) is -0.791. The highest BCUT2D eigenvalue weighted by molar-refractivity contribution is 5.74. The van der Waals surface area contributed by atoms with Gasteiger partial charge in [-0.3, -0.25) is 9.69 Å². The van der Waals surface area contributed by atoms with Gasteiger partial charge >= 0.3 is 12.0 Å². The fourth-order valence-corrected chi connectivity index (χ4v) is 4.02. The summed E-state index contributed by atoms with van der Waals surface area (Å²) in [7, 11) is 0. The Labute approximate surface area is 155 Å². The molecule has 1 aromatic rings. The first-order valence-electron chi connectivity index (χ1n) is 9.65. The molecule has 3 rings (SSSR count). The molecule has 1 aliphatic carbocycles. The molecule has 142 valence electrons. The topological polar surface area (TPSA) is 72.9 Å². The molecule has 1 heterocycles. The molecular weight excluding hydrogens is 330 g/mol. The Kier molecular flexibility index (Phi) is 6.14. The number of carbonyl (C=O) groups excluding carboxylic acids is 1. The van der Waals surface area contributed by atoms with E-state index in [2.05, 4.69) is 29.6 Å². The van der Waals surface area contributed by atoms with Gasteiger partial charge in [-0.05, 0) is 49.8 Å². The van der Waals surface area contributed by atoms with Crippen LogP contribution < -0.4 is 5.32 Å². The van der Waals surface area contributed by atoms with E-state index in [4.69, 9.17) is 5.11 Å². The summed E-state index contributed by atoms with van der Waals surface area (Å²) >= 11 is 0. The molecule has 0 unspecified atom stereocenters. The number of hydrogen-bond donors (Lipinski definition) is 2. The summed E-state index contributed by atoms with van der Waals surface area (Å²) in [6, 6.07) is 8.95. The maximum atomic E-state index is 12.6. The summed E-state index contributed by atoms with van der Waals surface area (Å²) in [6.07, 6.45) is 4.58. The Morgan fingerprint density at radius 2 is 1.88 bits per heavy atom. The molecule has 2 aliphatic rings. The Morgan fingerprint density at radius 1 is 1.19 bits per heavy atom. The number of carboxylic acid groups (broad SMARTS) is 1. The quantitative estimate of drug-likeness (QED) is 0.845. The van der Waals surface area contributed by atoms with Crippen LogP contribution in [0.1, 0.15) is 37.3 Å². The minimum absolute atomic E-state index is 0.0223. The van der Waals surface area contributed by atoms with E-state index in [1.165, 1.54) is 11.1 Å². The lowest BCUT2D eigenvalue weighted by atomic mass is 9.85. The number of urea groups is 1. The zero-order chi connectivity index (χ0) is 18.5. The van der Waals surface area contributed by atoms with E-state index in [1.54, 1.807) is 0 Å². The smallest absolute Gasteiger partial charge is 0.317 e. The van der Waals surface area contributed by atoms with Crippen LogP contribution in [0.15, 0.2) is 24.3 Å². The summed E-state index contributed by atoms with van der Waals surface area (Å²) in [6.45, 7) is 4.32. The van der Waals surface area contributed by atoms with Gasteiger partial charge in [-0.1, -0.05) is 31.2 Å². The van der Waals surface area contributed by atoms with E-state index >= 15 is 0 Å². The standard InChI is InChI=1S/C20H29N3O3/c1-2-22(14-19(24)25)18-12-17(13-18)21-20(26)23-10-5-8-15-6-3-4-7-16(15)9-11-23/h3-4,6-7,17-18H,2,5,8-14H2,1H3,(H,21,26)(H,24,25). The molecule has 0 spiro atoms. The van der Waals surface area contributed by atoms with Crippen molar-refractivity contribution in [1.82, 2.24) is 15.1 Å². The maximum absolute atomic E-state index is 12.6. The first-order valence-corrected chi connectivity index (χ1v) is 9.65. The van der Waals surface area contributed by atoms with Crippen molar-refractivity contribution < 1.29 is 14.7 Å². The van der Waals surface area contributed by atoms with Crippen molar-refractivity contribution in [3.8, 4) is 0 Å². The molecule has 6 nitrogen and oxygen atoms in total. The third kappa shape index (κ3) is 4.55. The number of rotatable bonds is 5. The number of likely N-dealkylation sites (N-methyl/N-ethyl adjacent to an activating group) is 1. The highest BCUT2D eigenvalue weighted by atomic mass is 16.4. The first-order chi connectivity index (χ1) is 12.6. The molecule has 0 bridgehead atoms. The predicted molar refractivity (Wildman–Crippen MR) is 100 cm³/mol. The first kappa shape index (κ1) is 18.7. The summed E-state index contributed by atoms with van der Waals surface area (Å²) < 4.78 is 0. The molecule has 1 aliphatic heterocycles. The SMILES string of the molecule is CCN(CC(=O)O)C1CC(NC(=O)N2CCCc3ccccc3CC2)C1. The van der Waals surface area contributed by atoms with Gasteiger partial charge in [-0.2, -0.15) is 0 Å². The van der Waals surface area contributed by atoms with Crippen LogP contribution in [0.4, 0.5) is 4.79 Å². The number of aryl methyl sites for hydroxylation is 1. The van der Waals surface area contributed by atoms with Gasteiger partial charge in [-0.15, -0.1) is 0 Å². The number of nitrogens with one attached hydrogen (secondary N) is 1. The van der Waals surface area contributed by atoms with Crippen LogP contribution in [0.25, 0.3) is 0 Å².